The van der Waals surface area contributed by atoms with Crippen LogP contribution in [0.1, 0.15) is 55.9 Å². The number of H-pyrrole nitrogens is 1. The minimum absolute atomic E-state index is 0.0741. The van der Waals surface area contributed by atoms with Gasteiger partial charge in [-0.05, 0) is 44.6 Å². The third-order valence-electron chi connectivity index (χ3n) is 5.33. The lowest BCUT2D eigenvalue weighted by Crippen LogP contribution is -2.51. The Hall–Kier alpha value is -1.93. The number of hydrogen-bond donors (Lipinski definition) is 3. The summed E-state index contributed by atoms with van der Waals surface area (Å²) in [5, 5.41) is 12.7. The Balaban J connectivity index is 1.56. The number of nitrogens with zero attached hydrogens (tertiary/aromatic N) is 1. The molecule has 1 aliphatic carbocycles. The number of nitrogens with one attached hydrogen (secondary N) is 3. The van der Waals surface area contributed by atoms with E-state index in [1.165, 1.54) is 0 Å². The zero-order valence-corrected chi connectivity index (χ0v) is 15.9. The number of amides is 2. The summed E-state index contributed by atoms with van der Waals surface area (Å²) < 4.78 is 11.3. The van der Waals surface area contributed by atoms with Crippen LogP contribution in [-0.4, -0.2) is 60.0 Å². The molecule has 1 aromatic rings. The smallest absolute Gasteiger partial charge is 0.269 e. The predicted octanol–water partition coefficient (Wildman–Crippen LogP) is 1.40. The number of rotatable bonds is 7. The molecule has 0 unspecified atom stereocenters. The molecule has 150 valence electrons. The molecule has 0 radical (unpaired) electrons. The third kappa shape index (κ3) is 5.52. The van der Waals surface area contributed by atoms with E-state index in [9.17, 15) is 9.59 Å². The average molecular weight is 378 g/mol. The second kappa shape index (κ2) is 9.85. The zero-order valence-electron chi connectivity index (χ0n) is 15.9. The highest BCUT2D eigenvalue weighted by atomic mass is 16.5. The summed E-state index contributed by atoms with van der Waals surface area (Å²) >= 11 is 0. The van der Waals surface area contributed by atoms with Crippen LogP contribution in [0.2, 0.25) is 0 Å². The maximum atomic E-state index is 12.7. The first-order valence-corrected chi connectivity index (χ1v) is 9.97. The fourth-order valence-electron chi connectivity index (χ4n) is 3.78. The van der Waals surface area contributed by atoms with Crippen LogP contribution >= 0.6 is 0 Å². The van der Waals surface area contributed by atoms with Crippen molar-refractivity contribution < 1.29 is 19.1 Å². The van der Waals surface area contributed by atoms with E-state index in [0.29, 0.717) is 31.9 Å². The molecule has 2 heterocycles. The topological polar surface area (TPSA) is 105 Å². The van der Waals surface area contributed by atoms with Gasteiger partial charge in [0.15, 0.2) is 0 Å². The summed E-state index contributed by atoms with van der Waals surface area (Å²) in [6.45, 7) is 4.09. The Morgan fingerprint density at radius 3 is 2.78 bits per heavy atom. The molecule has 1 saturated carbocycles. The summed E-state index contributed by atoms with van der Waals surface area (Å²) in [4.78, 5) is 25.0. The van der Waals surface area contributed by atoms with Crippen LogP contribution in [0.3, 0.4) is 0 Å². The molecule has 8 heteroatoms. The molecule has 1 saturated heterocycles. The Bertz CT molecular complexity index is 601. The van der Waals surface area contributed by atoms with E-state index in [1.807, 2.05) is 0 Å². The van der Waals surface area contributed by atoms with Crippen molar-refractivity contribution >= 4 is 11.8 Å². The summed E-state index contributed by atoms with van der Waals surface area (Å²) in [6, 6.07) is 1.75. The SMILES string of the molecule is CCCO[C@H]1C[C@@H](C(=O)NC2CCOCC2)CC[C@@H]1NC(=O)c1ccn[nH]1. The molecule has 2 fully saturated rings. The van der Waals surface area contributed by atoms with Gasteiger partial charge < -0.3 is 20.1 Å². The maximum absolute atomic E-state index is 12.7. The highest BCUT2D eigenvalue weighted by Crippen LogP contribution is 2.28. The lowest BCUT2D eigenvalue weighted by Gasteiger charge is -2.36. The van der Waals surface area contributed by atoms with E-state index in [-0.39, 0.29) is 35.9 Å². The normalized spacial score (nSPS) is 26.5. The number of carbonyl (C=O) groups is 2. The molecule has 3 atom stereocenters. The minimum atomic E-state index is -0.187. The molecule has 8 nitrogen and oxygen atoms in total. The average Bonchev–Trinajstić information content (AvgIpc) is 3.23. The number of ether oxygens (including phenoxy) is 2. The lowest BCUT2D eigenvalue weighted by atomic mass is 9.82. The summed E-state index contributed by atoms with van der Waals surface area (Å²) in [5.41, 5.74) is 0.434. The van der Waals surface area contributed by atoms with Gasteiger partial charge in [0.2, 0.25) is 5.91 Å². The molecule has 1 aliphatic heterocycles. The van der Waals surface area contributed by atoms with Gasteiger partial charge in [-0.25, -0.2) is 0 Å². The van der Waals surface area contributed by atoms with Gasteiger partial charge in [-0.15, -0.1) is 0 Å². The van der Waals surface area contributed by atoms with Crippen molar-refractivity contribution in [2.45, 2.75) is 63.6 Å². The minimum Gasteiger partial charge on any atom is -0.381 e. The second-order valence-corrected chi connectivity index (χ2v) is 7.36. The van der Waals surface area contributed by atoms with Crippen molar-refractivity contribution in [1.82, 2.24) is 20.8 Å². The zero-order chi connectivity index (χ0) is 19.1. The molecule has 3 N–H and O–H groups in total. The van der Waals surface area contributed by atoms with E-state index in [0.717, 1.165) is 32.1 Å². The molecule has 3 rings (SSSR count). The monoisotopic (exact) mass is 378 g/mol. The van der Waals surface area contributed by atoms with E-state index in [4.69, 9.17) is 9.47 Å². The first kappa shape index (κ1) is 19.8. The van der Waals surface area contributed by atoms with E-state index < -0.39 is 0 Å². The fraction of sp³-hybridized carbons (Fsp3) is 0.737. The van der Waals surface area contributed by atoms with E-state index in [1.54, 1.807) is 12.3 Å². The number of aromatic amines is 1. The standard InChI is InChI=1S/C19H30N4O4/c1-2-9-27-17-12-13(18(24)21-14-6-10-26-11-7-14)3-4-15(17)22-19(25)16-5-8-20-23-16/h5,8,13-15,17H,2-4,6-7,9-12H2,1H3,(H,20,23)(H,21,24)(H,22,25)/t13-,15-,17-/m0/s1. The van der Waals surface area contributed by atoms with Gasteiger partial charge in [0.05, 0.1) is 12.1 Å². The maximum Gasteiger partial charge on any atom is 0.269 e. The highest BCUT2D eigenvalue weighted by molar-refractivity contribution is 5.92. The molecule has 2 amide bonds. The van der Waals surface area contributed by atoms with Crippen molar-refractivity contribution in [3.8, 4) is 0 Å². The molecule has 0 spiro atoms. The van der Waals surface area contributed by atoms with Crippen molar-refractivity contribution in [3.63, 3.8) is 0 Å². The van der Waals surface area contributed by atoms with Gasteiger partial charge in [0, 0.05) is 38.0 Å². The van der Waals surface area contributed by atoms with E-state index >= 15 is 0 Å². The van der Waals surface area contributed by atoms with Crippen LogP contribution in [0, 0.1) is 5.92 Å². The first-order chi connectivity index (χ1) is 13.2. The van der Waals surface area contributed by atoms with Gasteiger partial charge in [0.25, 0.3) is 5.91 Å². The Morgan fingerprint density at radius 1 is 1.26 bits per heavy atom. The largest absolute Gasteiger partial charge is 0.381 e. The lowest BCUT2D eigenvalue weighted by molar-refractivity contribution is -0.129. The van der Waals surface area contributed by atoms with Crippen LogP contribution in [0.4, 0.5) is 0 Å². The van der Waals surface area contributed by atoms with Crippen LogP contribution in [0.5, 0.6) is 0 Å². The third-order valence-corrected chi connectivity index (χ3v) is 5.33. The second-order valence-electron chi connectivity index (χ2n) is 7.36. The summed E-state index contributed by atoms with van der Waals surface area (Å²) in [6.07, 6.45) is 6.14. The fourth-order valence-corrected chi connectivity index (χ4v) is 3.78. The molecular formula is C19H30N4O4. The van der Waals surface area contributed by atoms with E-state index in [2.05, 4.69) is 27.8 Å². The van der Waals surface area contributed by atoms with Crippen LogP contribution in [-0.2, 0) is 14.3 Å². The quantitative estimate of drug-likeness (QED) is 0.665. The summed E-state index contributed by atoms with van der Waals surface area (Å²) in [5.74, 6) is -0.159. The molecular weight excluding hydrogens is 348 g/mol. The number of hydrogen-bond acceptors (Lipinski definition) is 5. The van der Waals surface area contributed by atoms with Crippen LogP contribution in [0.15, 0.2) is 12.3 Å². The van der Waals surface area contributed by atoms with Crippen LogP contribution in [0.25, 0.3) is 0 Å². The molecule has 0 aromatic carbocycles. The van der Waals surface area contributed by atoms with Gasteiger partial charge >= 0.3 is 0 Å². The Morgan fingerprint density at radius 2 is 2.07 bits per heavy atom. The summed E-state index contributed by atoms with van der Waals surface area (Å²) in [7, 11) is 0. The Kier molecular flexibility index (Phi) is 7.23. The number of aromatic nitrogens is 2. The van der Waals surface area contributed by atoms with Crippen molar-refractivity contribution in [2.24, 2.45) is 5.92 Å². The van der Waals surface area contributed by atoms with Gasteiger partial charge in [-0.3, -0.25) is 14.7 Å². The Labute approximate surface area is 159 Å². The van der Waals surface area contributed by atoms with Gasteiger partial charge in [0.1, 0.15) is 5.69 Å². The highest BCUT2D eigenvalue weighted by Gasteiger charge is 2.36. The van der Waals surface area contributed by atoms with Gasteiger partial charge in [-0.1, -0.05) is 6.92 Å². The van der Waals surface area contributed by atoms with Gasteiger partial charge in [-0.2, -0.15) is 5.10 Å². The molecule has 1 aromatic heterocycles. The van der Waals surface area contributed by atoms with Crippen molar-refractivity contribution in [1.29, 1.82) is 0 Å². The molecule has 0 bridgehead atoms. The number of carbonyl (C=O) groups excluding carboxylic acids is 2. The molecule has 2 aliphatic rings. The first-order valence-electron chi connectivity index (χ1n) is 9.97. The van der Waals surface area contributed by atoms with Crippen molar-refractivity contribution in [2.75, 3.05) is 19.8 Å². The molecule has 27 heavy (non-hydrogen) atoms. The van der Waals surface area contributed by atoms with Crippen molar-refractivity contribution in [3.05, 3.63) is 18.0 Å². The van der Waals surface area contributed by atoms with Crippen LogP contribution < -0.4 is 10.6 Å². The predicted molar refractivity (Wildman–Crippen MR) is 99.2 cm³/mol.